The molecule has 2 rings (SSSR count). The summed E-state index contributed by atoms with van der Waals surface area (Å²) in [5.41, 5.74) is 1.80. The van der Waals surface area contributed by atoms with Crippen LogP contribution in [0.15, 0.2) is 41.0 Å². The maximum Gasteiger partial charge on any atom is 0.336 e. The minimum atomic E-state index is -0.940. The first kappa shape index (κ1) is 9.52. The summed E-state index contributed by atoms with van der Waals surface area (Å²) in [7, 11) is 0. The molecule has 0 spiro atoms. The van der Waals surface area contributed by atoms with E-state index in [0.29, 0.717) is 11.3 Å². The Morgan fingerprint density at radius 2 is 2.13 bits per heavy atom. The Bertz CT molecular complexity index is 484. The van der Waals surface area contributed by atoms with E-state index in [4.69, 9.17) is 9.52 Å². The fourth-order valence-electron chi connectivity index (χ4n) is 1.48. The van der Waals surface area contributed by atoms with Crippen LogP contribution < -0.4 is 0 Å². The Labute approximate surface area is 87.0 Å². The van der Waals surface area contributed by atoms with Crippen LogP contribution in [0.2, 0.25) is 0 Å². The first-order valence-electron chi connectivity index (χ1n) is 4.56. The summed E-state index contributed by atoms with van der Waals surface area (Å²) in [6, 6.07) is 8.75. The quantitative estimate of drug-likeness (QED) is 0.814. The lowest BCUT2D eigenvalue weighted by molar-refractivity contribution is 0.0697. The zero-order chi connectivity index (χ0) is 10.8. The van der Waals surface area contributed by atoms with E-state index < -0.39 is 5.97 Å². The molecule has 0 fully saturated rings. The van der Waals surface area contributed by atoms with E-state index >= 15 is 0 Å². The van der Waals surface area contributed by atoms with Crippen molar-refractivity contribution >= 4 is 5.97 Å². The second kappa shape index (κ2) is 3.61. The van der Waals surface area contributed by atoms with E-state index in [0.717, 1.165) is 5.56 Å². The molecule has 1 heterocycles. The Morgan fingerprint density at radius 1 is 1.33 bits per heavy atom. The van der Waals surface area contributed by atoms with Crippen LogP contribution in [0.3, 0.4) is 0 Å². The van der Waals surface area contributed by atoms with Gasteiger partial charge in [-0.1, -0.05) is 17.7 Å². The molecule has 0 saturated carbocycles. The number of aryl methyl sites for hydroxylation is 1. The number of benzene rings is 1. The average Bonchev–Trinajstić information content (AvgIpc) is 2.70. The average molecular weight is 202 g/mol. The number of hydrogen-bond acceptors (Lipinski definition) is 2. The van der Waals surface area contributed by atoms with Gasteiger partial charge in [0.15, 0.2) is 0 Å². The lowest BCUT2D eigenvalue weighted by Crippen LogP contribution is -1.99. The van der Waals surface area contributed by atoms with Gasteiger partial charge in [-0.25, -0.2) is 4.79 Å². The Balaban J connectivity index is 2.61. The van der Waals surface area contributed by atoms with Crippen LogP contribution in [0.4, 0.5) is 0 Å². The molecule has 0 aliphatic heterocycles. The van der Waals surface area contributed by atoms with Crippen LogP contribution >= 0.6 is 0 Å². The molecule has 76 valence electrons. The number of carboxylic acids is 1. The minimum absolute atomic E-state index is 0.268. The first-order chi connectivity index (χ1) is 7.18. The minimum Gasteiger partial charge on any atom is -0.478 e. The van der Waals surface area contributed by atoms with Crippen LogP contribution in [0, 0.1) is 6.92 Å². The molecular weight excluding hydrogens is 192 g/mol. The molecule has 0 unspecified atom stereocenters. The molecule has 0 atom stereocenters. The molecule has 0 bridgehead atoms. The zero-order valence-corrected chi connectivity index (χ0v) is 8.23. The second-order valence-electron chi connectivity index (χ2n) is 3.33. The zero-order valence-electron chi connectivity index (χ0n) is 8.23. The molecule has 0 saturated heterocycles. The van der Waals surface area contributed by atoms with Crippen LogP contribution in [-0.2, 0) is 0 Å². The summed E-state index contributed by atoms with van der Waals surface area (Å²) in [6.45, 7) is 1.86. The lowest BCUT2D eigenvalue weighted by Gasteiger charge is -2.03. The van der Waals surface area contributed by atoms with E-state index in [1.54, 1.807) is 24.3 Å². The fourth-order valence-corrected chi connectivity index (χ4v) is 1.48. The summed E-state index contributed by atoms with van der Waals surface area (Å²) >= 11 is 0. The number of carboxylic acid groups (broad SMARTS) is 1. The van der Waals surface area contributed by atoms with Gasteiger partial charge in [-0.05, 0) is 25.1 Å². The highest BCUT2D eigenvalue weighted by molar-refractivity contribution is 5.95. The topological polar surface area (TPSA) is 50.4 Å². The van der Waals surface area contributed by atoms with E-state index in [1.807, 2.05) is 13.0 Å². The highest BCUT2D eigenvalue weighted by atomic mass is 16.4. The number of rotatable bonds is 2. The van der Waals surface area contributed by atoms with Crippen molar-refractivity contribution in [2.75, 3.05) is 0 Å². The Morgan fingerprint density at radius 3 is 2.73 bits per heavy atom. The summed E-state index contributed by atoms with van der Waals surface area (Å²) in [4.78, 5) is 11.0. The van der Waals surface area contributed by atoms with Crippen molar-refractivity contribution in [3.8, 4) is 11.3 Å². The van der Waals surface area contributed by atoms with E-state index in [9.17, 15) is 4.79 Å². The monoisotopic (exact) mass is 202 g/mol. The maximum absolute atomic E-state index is 11.0. The summed E-state index contributed by atoms with van der Waals surface area (Å²) in [6.07, 6.45) is 1.53. The molecule has 3 nitrogen and oxygen atoms in total. The van der Waals surface area contributed by atoms with Crippen molar-refractivity contribution in [2.45, 2.75) is 6.92 Å². The normalized spacial score (nSPS) is 10.2. The summed E-state index contributed by atoms with van der Waals surface area (Å²) < 4.78 is 5.19. The van der Waals surface area contributed by atoms with Gasteiger partial charge >= 0.3 is 5.97 Å². The van der Waals surface area contributed by atoms with Gasteiger partial charge in [0.05, 0.1) is 11.8 Å². The van der Waals surface area contributed by atoms with Gasteiger partial charge in [0.25, 0.3) is 0 Å². The van der Waals surface area contributed by atoms with Crippen LogP contribution in [0.5, 0.6) is 0 Å². The molecule has 0 amide bonds. The molecule has 1 aromatic carbocycles. The third-order valence-corrected chi connectivity index (χ3v) is 2.19. The van der Waals surface area contributed by atoms with Crippen molar-refractivity contribution in [2.24, 2.45) is 0 Å². The third kappa shape index (κ3) is 1.76. The summed E-state index contributed by atoms with van der Waals surface area (Å²) in [5, 5.41) is 9.05. The largest absolute Gasteiger partial charge is 0.478 e. The van der Waals surface area contributed by atoms with Crippen LogP contribution in [0.1, 0.15) is 15.9 Å². The highest BCUT2D eigenvalue weighted by Gasteiger charge is 2.13. The molecule has 3 heteroatoms. The van der Waals surface area contributed by atoms with Crippen molar-refractivity contribution in [1.29, 1.82) is 0 Å². The molecule has 0 aliphatic rings. The Hall–Kier alpha value is -2.03. The van der Waals surface area contributed by atoms with Crippen LogP contribution in [0.25, 0.3) is 11.3 Å². The van der Waals surface area contributed by atoms with Crippen molar-refractivity contribution in [3.05, 3.63) is 47.7 Å². The maximum atomic E-state index is 11.0. The number of carbonyl (C=O) groups is 1. The first-order valence-corrected chi connectivity index (χ1v) is 4.56. The third-order valence-electron chi connectivity index (χ3n) is 2.19. The molecule has 15 heavy (non-hydrogen) atoms. The lowest BCUT2D eigenvalue weighted by atomic mass is 10.0. The number of aromatic carboxylic acids is 1. The second-order valence-corrected chi connectivity index (χ2v) is 3.33. The predicted octanol–water partition coefficient (Wildman–Crippen LogP) is 2.95. The molecule has 1 aromatic heterocycles. The fraction of sp³-hybridized carbons (Fsp3) is 0.0833. The van der Waals surface area contributed by atoms with Gasteiger partial charge in [-0.3, -0.25) is 0 Å². The SMILES string of the molecule is Cc1ccc(-c2ccco2)c(C(=O)O)c1. The van der Waals surface area contributed by atoms with Crippen LogP contribution in [-0.4, -0.2) is 11.1 Å². The number of furan rings is 1. The van der Waals surface area contributed by atoms with E-state index in [-0.39, 0.29) is 5.56 Å². The standard InChI is InChI=1S/C12H10O3/c1-8-4-5-9(10(7-8)12(13)14)11-3-2-6-15-11/h2-7H,1H3,(H,13,14). The van der Waals surface area contributed by atoms with Gasteiger partial charge in [0.2, 0.25) is 0 Å². The predicted molar refractivity (Wildman–Crippen MR) is 55.8 cm³/mol. The van der Waals surface area contributed by atoms with Crippen molar-refractivity contribution in [1.82, 2.24) is 0 Å². The Kier molecular flexibility index (Phi) is 2.29. The smallest absolute Gasteiger partial charge is 0.336 e. The van der Waals surface area contributed by atoms with Gasteiger partial charge in [-0.2, -0.15) is 0 Å². The van der Waals surface area contributed by atoms with Crippen molar-refractivity contribution < 1.29 is 14.3 Å². The highest BCUT2D eigenvalue weighted by Crippen LogP contribution is 2.25. The summed E-state index contributed by atoms with van der Waals surface area (Å²) in [5.74, 6) is -0.363. The molecule has 0 aliphatic carbocycles. The van der Waals surface area contributed by atoms with Gasteiger partial charge in [0.1, 0.15) is 5.76 Å². The van der Waals surface area contributed by atoms with Gasteiger partial charge < -0.3 is 9.52 Å². The van der Waals surface area contributed by atoms with E-state index in [1.165, 1.54) is 6.26 Å². The van der Waals surface area contributed by atoms with Gasteiger partial charge in [-0.15, -0.1) is 0 Å². The molecule has 1 N–H and O–H groups in total. The molecule has 2 aromatic rings. The van der Waals surface area contributed by atoms with Crippen molar-refractivity contribution in [3.63, 3.8) is 0 Å². The van der Waals surface area contributed by atoms with E-state index in [2.05, 4.69) is 0 Å². The van der Waals surface area contributed by atoms with Gasteiger partial charge in [0, 0.05) is 5.56 Å². The molecule has 0 radical (unpaired) electrons. The number of hydrogen-bond donors (Lipinski definition) is 1. The molecular formula is C12H10O3.